The number of H-pyrrole nitrogens is 1. The van der Waals surface area contributed by atoms with Gasteiger partial charge in [-0.1, -0.05) is 24.3 Å². The maximum Gasteiger partial charge on any atom is 0.163 e. The zero-order valence-corrected chi connectivity index (χ0v) is 13.9. The topological polar surface area (TPSA) is 93.0 Å². The van der Waals surface area contributed by atoms with Crippen LogP contribution in [0.5, 0.6) is 0 Å². The molecular weight excluding hydrogens is 316 g/mol. The molecular formula is C18H20N6O. The van der Waals surface area contributed by atoms with E-state index >= 15 is 0 Å². The third kappa shape index (κ3) is 2.42. The van der Waals surface area contributed by atoms with Crippen molar-refractivity contribution in [2.24, 2.45) is 0 Å². The van der Waals surface area contributed by atoms with Crippen molar-refractivity contribution in [1.29, 1.82) is 0 Å². The van der Waals surface area contributed by atoms with Crippen LogP contribution in [-0.4, -0.2) is 46.5 Å². The highest BCUT2D eigenvalue weighted by Gasteiger charge is 2.27. The van der Waals surface area contributed by atoms with Crippen molar-refractivity contribution in [2.45, 2.75) is 18.8 Å². The van der Waals surface area contributed by atoms with Gasteiger partial charge in [0, 0.05) is 19.0 Å². The molecule has 7 heteroatoms. The summed E-state index contributed by atoms with van der Waals surface area (Å²) in [4.78, 5) is 11.6. The van der Waals surface area contributed by atoms with Crippen molar-refractivity contribution in [3.05, 3.63) is 41.2 Å². The van der Waals surface area contributed by atoms with Crippen molar-refractivity contribution in [3.63, 3.8) is 0 Å². The van der Waals surface area contributed by atoms with E-state index < -0.39 is 0 Å². The first-order chi connectivity index (χ1) is 12.3. The maximum atomic E-state index is 6.31. The Kier molecular flexibility index (Phi) is 3.34. The largest absolute Gasteiger partial charge is 0.383 e. The van der Waals surface area contributed by atoms with Crippen LogP contribution in [0, 0.1) is 0 Å². The Morgan fingerprint density at radius 1 is 1.08 bits per heavy atom. The zero-order valence-electron chi connectivity index (χ0n) is 13.9. The number of hydrogen-bond acceptors (Lipinski definition) is 6. The van der Waals surface area contributed by atoms with Gasteiger partial charge in [-0.05, 0) is 24.0 Å². The molecule has 0 radical (unpaired) electrons. The third-order valence-corrected chi connectivity index (χ3v) is 5.17. The molecule has 2 aliphatic rings. The number of nitrogens with two attached hydrogens (primary N) is 1. The van der Waals surface area contributed by atoms with E-state index in [1.54, 1.807) is 0 Å². The number of rotatable bonds is 2. The molecule has 0 amide bonds. The third-order valence-electron chi connectivity index (χ3n) is 5.17. The SMILES string of the molecule is Nc1nc(C2Cc3ccccc3C2)nc2[nH]nc(N3CCOCC3)c12. The molecule has 5 rings (SSSR count). The van der Waals surface area contributed by atoms with Crippen LogP contribution >= 0.6 is 0 Å². The normalized spacial score (nSPS) is 18.0. The van der Waals surface area contributed by atoms with Gasteiger partial charge in [-0.3, -0.25) is 5.10 Å². The number of benzene rings is 1. The summed E-state index contributed by atoms with van der Waals surface area (Å²) < 4.78 is 5.42. The van der Waals surface area contributed by atoms with Gasteiger partial charge in [-0.25, -0.2) is 9.97 Å². The van der Waals surface area contributed by atoms with Crippen LogP contribution in [0.4, 0.5) is 11.6 Å². The van der Waals surface area contributed by atoms with Crippen LogP contribution in [0.25, 0.3) is 11.0 Å². The molecule has 1 aliphatic carbocycles. The highest BCUT2D eigenvalue weighted by Crippen LogP contribution is 2.35. The molecule has 128 valence electrons. The molecule has 2 aromatic heterocycles. The van der Waals surface area contributed by atoms with E-state index in [9.17, 15) is 0 Å². The first kappa shape index (κ1) is 14.7. The number of anilines is 2. The van der Waals surface area contributed by atoms with E-state index in [0.29, 0.717) is 19.0 Å². The lowest BCUT2D eigenvalue weighted by molar-refractivity contribution is 0.122. The summed E-state index contributed by atoms with van der Waals surface area (Å²) >= 11 is 0. The average molecular weight is 336 g/mol. The fraction of sp³-hybridized carbons (Fsp3) is 0.389. The lowest BCUT2D eigenvalue weighted by Crippen LogP contribution is -2.36. The number of morpholine rings is 1. The molecule has 1 fully saturated rings. The summed E-state index contributed by atoms with van der Waals surface area (Å²) in [6.07, 6.45) is 1.93. The average Bonchev–Trinajstić information content (AvgIpc) is 3.26. The minimum atomic E-state index is 0.277. The maximum absolute atomic E-state index is 6.31. The van der Waals surface area contributed by atoms with Crippen LogP contribution < -0.4 is 10.6 Å². The highest BCUT2D eigenvalue weighted by molar-refractivity contribution is 5.96. The molecule has 3 heterocycles. The van der Waals surface area contributed by atoms with E-state index in [1.807, 2.05) is 0 Å². The number of nitrogens with one attached hydrogen (secondary N) is 1. The molecule has 1 saturated heterocycles. The second-order valence-electron chi connectivity index (χ2n) is 6.71. The molecule has 0 spiro atoms. The number of hydrogen-bond donors (Lipinski definition) is 2. The lowest BCUT2D eigenvalue weighted by atomic mass is 10.1. The quantitative estimate of drug-likeness (QED) is 0.739. The number of nitrogens with zero attached hydrogens (tertiary/aromatic N) is 4. The monoisotopic (exact) mass is 336 g/mol. The van der Waals surface area contributed by atoms with E-state index in [4.69, 9.17) is 15.5 Å². The van der Waals surface area contributed by atoms with Crippen LogP contribution in [0.3, 0.4) is 0 Å². The zero-order chi connectivity index (χ0) is 16.8. The van der Waals surface area contributed by atoms with Gasteiger partial charge in [0.05, 0.1) is 13.2 Å². The molecule has 0 unspecified atom stereocenters. The Balaban J connectivity index is 1.50. The van der Waals surface area contributed by atoms with Gasteiger partial charge < -0.3 is 15.4 Å². The minimum absolute atomic E-state index is 0.277. The second-order valence-corrected chi connectivity index (χ2v) is 6.71. The Bertz CT molecular complexity index is 905. The Morgan fingerprint density at radius 3 is 2.52 bits per heavy atom. The van der Waals surface area contributed by atoms with Crippen molar-refractivity contribution in [2.75, 3.05) is 36.9 Å². The van der Waals surface area contributed by atoms with Gasteiger partial charge in [0.1, 0.15) is 17.0 Å². The van der Waals surface area contributed by atoms with Crippen LogP contribution in [0.1, 0.15) is 22.9 Å². The van der Waals surface area contributed by atoms with Crippen LogP contribution in [0.15, 0.2) is 24.3 Å². The number of aromatic nitrogens is 4. The smallest absolute Gasteiger partial charge is 0.163 e. The number of ether oxygens (including phenoxy) is 1. The number of aromatic amines is 1. The Hall–Kier alpha value is -2.67. The summed E-state index contributed by atoms with van der Waals surface area (Å²) in [5.41, 5.74) is 9.80. The first-order valence-corrected chi connectivity index (χ1v) is 8.70. The molecule has 1 aliphatic heterocycles. The summed E-state index contributed by atoms with van der Waals surface area (Å²) in [6, 6.07) is 8.54. The predicted molar refractivity (Wildman–Crippen MR) is 95.7 cm³/mol. The van der Waals surface area contributed by atoms with Crippen molar-refractivity contribution < 1.29 is 4.74 Å². The molecule has 0 bridgehead atoms. The minimum Gasteiger partial charge on any atom is -0.383 e. The molecule has 1 aromatic carbocycles. The van der Waals surface area contributed by atoms with Gasteiger partial charge in [0.15, 0.2) is 11.5 Å². The molecule has 3 N–H and O–H groups in total. The number of nitrogen functional groups attached to an aromatic ring is 1. The highest BCUT2D eigenvalue weighted by atomic mass is 16.5. The van der Waals surface area contributed by atoms with Gasteiger partial charge >= 0.3 is 0 Å². The van der Waals surface area contributed by atoms with E-state index in [1.165, 1.54) is 11.1 Å². The molecule has 0 atom stereocenters. The Labute approximate surface area is 145 Å². The van der Waals surface area contributed by atoms with E-state index in [0.717, 1.165) is 48.6 Å². The molecule has 7 nitrogen and oxygen atoms in total. The van der Waals surface area contributed by atoms with E-state index in [-0.39, 0.29) is 5.92 Å². The van der Waals surface area contributed by atoms with Crippen LogP contribution in [-0.2, 0) is 17.6 Å². The van der Waals surface area contributed by atoms with Gasteiger partial charge in [0.2, 0.25) is 0 Å². The van der Waals surface area contributed by atoms with Gasteiger partial charge in [-0.2, -0.15) is 5.10 Å². The fourth-order valence-electron chi connectivity index (χ4n) is 3.89. The fourth-order valence-corrected chi connectivity index (χ4v) is 3.89. The standard InChI is InChI=1S/C18H20N6O/c19-15-14-17(22-23-18(14)24-5-7-25-8-6-24)21-16(20-15)13-9-11-3-1-2-4-12(11)10-13/h1-4,13H,5-10H2,(H3,19,20,21,22,23). The van der Waals surface area contributed by atoms with Gasteiger partial charge in [0.25, 0.3) is 0 Å². The number of fused-ring (bicyclic) bond motifs is 2. The Morgan fingerprint density at radius 2 is 1.80 bits per heavy atom. The predicted octanol–water partition coefficient (Wildman–Crippen LogP) is 1.65. The van der Waals surface area contributed by atoms with Crippen molar-refractivity contribution in [1.82, 2.24) is 20.2 Å². The summed E-state index contributed by atoms with van der Waals surface area (Å²) in [6.45, 7) is 3.01. The summed E-state index contributed by atoms with van der Waals surface area (Å²) in [5, 5.41) is 8.32. The van der Waals surface area contributed by atoms with Crippen LogP contribution in [0.2, 0.25) is 0 Å². The van der Waals surface area contributed by atoms with Gasteiger partial charge in [-0.15, -0.1) is 0 Å². The summed E-state index contributed by atoms with van der Waals surface area (Å²) in [5.74, 6) is 2.42. The lowest BCUT2D eigenvalue weighted by Gasteiger charge is -2.26. The van der Waals surface area contributed by atoms with Crippen molar-refractivity contribution in [3.8, 4) is 0 Å². The first-order valence-electron chi connectivity index (χ1n) is 8.70. The molecule has 0 saturated carbocycles. The molecule has 25 heavy (non-hydrogen) atoms. The second kappa shape index (κ2) is 5.70. The molecule has 3 aromatic rings. The van der Waals surface area contributed by atoms with Crippen molar-refractivity contribution >= 4 is 22.7 Å². The summed E-state index contributed by atoms with van der Waals surface area (Å²) in [7, 11) is 0. The van der Waals surface area contributed by atoms with E-state index in [2.05, 4.69) is 44.3 Å².